The lowest BCUT2D eigenvalue weighted by Gasteiger charge is -2.16. The maximum atomic E-state index is 9.75. The molecule has 12 heavy (non-hydrogen) atoms. The van der Waals surface area contributed by atoms with Crippen LogP contribution in [-0.2, 0) is 0 Å². The average molecular weight is 191 g/mol. The molecule has 0 saturated heterocycles. The van der Waals surface area contributed by atoms with Gasteiger partial charge in [-0.2, -0.15) is 0 Å². The van der Waals surface area contributed by atoms with Crippen LogP contribution in [0, 0.1) is 5.92 Å². The van der Waals surface area contributed by atoms with Gasteiger partial charge in [0.2, 0.25) is 0 Å². The molecule has 2 nitrogen and oxygen atoms in total. The van der Waals surface area contributed by atoms with Crippen LogP contribution in [0.1, 0.15) is 20.8 Å². The number of aliphatic hydroxyl groups is 1. The Hall–Kier alpha value is -0.295. The molecule has 4 N–H and O–H groups in total. The molecule has 0 saturated carbocycles. The summed E-state index contributed by atoms with van der Waals surface area (Å²) in [4.78, 5) is 0. The first-order valence-corrected chi connectivity index (χ1v) is 3.39. The Kier molecular flexibility index (Phi) is 5.53. The molecule has 0 aliphatic rings. The van der Waals surface area contributed by atoms with E-state index in [1.165, 1.54) is 0 Å². The predicted molar refractivity (Wildman–Crippen MR) is 38.5 cm³/mol. The summed E-state index contributed by atoms with van der Waals surface area (Å²) in [6.45, 7) is 5.58. The third kappa shape index (κ3) is 22.6. The van der Waals surface area contributed by atoms with Crippen molar-refractivity contribution in [3.8, 4) is 0 Å². The number of quaternary nitrogens is 1. The van der Waals surface area contributed by atoms with Crippen molar-refractivity contribution >= 4 is 7.25 Å². The zero-order valence-electron chi connectivity index (χ0n) is 7.32. The van der Waals surface area contributed by atoms with Crippen molar-refractivity contribution in [1.82, 2.24) is 0 Å². The fraction of sp³-hybridized carbons (Fsp3) is 1.00. The maximum absolute atomic E-state index is 9.75. The zero-order valence-corrected chi connectivity index (χ0v) is 7.32. The predicted octanol–water partition coefficient (Wildman–Crippen LogP) is 0.893. The average Bonchev–Trinajstić information content (AvgIpc) is 1.55. The second kappa shape index (κ2) is 4.66. The molecule has 1 atom stereocenters. The van der Waals surface area contributed by atoms with Crippen molar-refractivity contribution in [3.63, 3.8) is 0 Å². The Morgan fingerprint density at radius 3 is 1.33 bits per heavy atom. The van der Waals surface area contributed by atoms with Gasteiger partial charge in [-0.25, -0.2) is 0 Å². The summed E-state index contributed by atoms with van der Waals surface area (Å²) in [5.74, 6) is 0.243. The van der Waals surface area contributed by atoms with E-state index in [-0.39, 0.29) is 5.92 Å². The SMILES string of the molecule is CC(C)C(C)([NH3+])O.F[B-](F)(F)F. The molecule has 76 valence electrons. The topological polar surface area (TPSA) is 47.9 Å². The summed E-state index contributed by atoms with van der Waals surface area (Å²) < 4.78 is 39.0. The van der Waals surface area contributed by atoms with Gasteiger partial charge in [-0.3, -0.25) is 0 Å². The molecule has 7 heteroatoms. The van der Waals surface area contributed by atoms with E-state index in [0.717, 1.165) is 0 Å². The monoisotopic (exact) mass is 191 g/mol. The van der Waals surface area contributed by atoms with Crippen LogP contribution in [0.25, 0.3) is 0 Å². The van der Waals surface area contributed by atoms with E-state index in [9.17, 15) is 17.3 Å². The van der Waals surface area contributed by atoms with Crippen LogP contribution in [0.3, 0.4) is 0 Å². The van der Waals surface area contributed by atoms with Gasteiger partial charge in [-0.05, 0) is 0 Å². The minimum atomic E-state index is -6.00. The molecule has 0 aliphatic carbocycles. The zero-order chi connectivity index (χ0) is 10.6. The number of hydrogen-bond acceptors (Lipinski definition) is 1. The lowest BCUT2D eigenvalue weighted by atomic mass is 10.0. The highest BCUT2D eigenvalue weighted by molar-refractivity contribution is 6.50. The van der Waals surface area contributed by atoms with Gasteiger partial charge in [0, 0.05) is 12.8 Å². The van der Waals surface area contributed by atoms with Crippen LogP contribution >= 0.6 is 0 Å². The lowest BCUT2D eigenvalue weighted by molar-refractivity contribution is -0.553. The molecule has 0 bridgehead atoms. The van der Waals surface area contributed by atoms with Crippen molar-refractivity contribution in [1.29, 1.82) is 0 Å². The van der Waals surface area contributed by atoms with E-state index in [1.54, 1.807) is 6.92 Å². The van der Waals surface area contributed by atoms with E-state index in [0.29, 0.717) is 0 Å². The standard InChI is InChI=1S/C5H13NO.BF4/c1-4(2)5(3,6)7;2-1(3,4)5/h4,7H,6H2,1-3H3;/q;-1/p+1. The second-order valence-electron chi connectivity index (χ2n) is 3.01. The fourth-order valence-corrected chi connectivity index (χ4v) is 0. The van der Waals surface area contributed by atoms with Gasteiger partial charge in [0.05, 0.1) is 0 Å². The molecule has 0 radical (unpaired) electrons. The Balaban J connectivity index is 0. The summed E-state index contributed by atoms with van der Waals surface area (Å²) in [6.07, 6.45) is 0. The fourth-order valence-electron chi connectivity index (χ4n) is 0. The smallest absolute Gasteiger partial charge is 0.418 e. The molecular formula is C5H14BF4NO. The summed E-state index contributed by atoms with van der Waals surface area (Å²) in [5, 5.41) is 8.98. The Labute approximate surface area is 68.9 Å². The molecule has 0 aromatic carbocycles. The maximum Gasteiger partial charge on any atom is 0.673 e. The third-order valence-corrected chi connectivity index (χ3v) is 1.24. The molecule has 0 aliphatic heterocycles. The molecular weight excluding hydrogens is 177 g/mol. The van der Waals surface area contributed by atoms with Crippen molar-refractivity contribution < 1.29 is 28.1 Å². The lowest BCUT2D eigenvalue weighted by Crippen LogP contribution is -2.73. The largest absolute Gasteiger partial charge is 0.673 e. The molecule has 0 aromatic heterocycles. The Morgan fingerprint density at radius 1 is 1.25 bits per heavy atom. The van der Waals surface area contributed by atoms with Crippen LogP contribution in [0.4, 0.5) is 17.3 Å². The van der Waals surface area contributed by atoms with Crippen LogP contribution < -0.4 is 5.73 Å². The van der Waals surface area contributed by atoms with Gasteiger partial charge in [0.15, 0.2) is 5.72 Å². The van der Waals surface area contributed by atoms with Crippen LogP contribution in [-0.4, -0.2) is 18.1 Å². The van der Waals surface area contributed by atoms with Crippen molar-refractivity contribution in [2.24, 2.45) is 5.92 Å². The number of hydrogen-bond donors (Lipinski definition) is 2. The van der Waals surface area contributed by atoms with Crippen LogP contribution in [0.5, 0.6) is 0 Å². The minimum absolute atomic E-state index is 0.243. The summed E-state index contributed by atoms with van der Waals surface area (Å²) in [6, 6.07) is 0. The van der Waals surface area contributed by atoms with Crippen LogP contribution in [0.15, 0.2) is 0 Å². The Bertz CT molecular complexity index is 114. The molecule has 1 unspecified atom stereocenters. The van der Waals surface area contributed by atoms with Crippen molar-refractivity contribution in [2.45, 2.75) is 26.5 Å². The molecule has 0 rings (SSSR count). The molecule has 0 heterocycles. The summed E-state index contributed by atoms with van der Waals surface area (Å²) in [5.41, 5.74) is 2.78. The van der Waals surface area contributed by atoms with E-state index >= 15 is 0 Å². The van der Waals surface area contributed by atoms with Gasteiger partial charge in [0.25, 0.3) is 0 Å². The van der Waals surface area contributed by atoms with E-state index < -0.39 is 13.0 Å². The minimum Gasteiger partial charge on any atom is -0.418 e. The normalized spacial score (nSPS) is 16.5. The molecule has 0 amide bonds. The van der Waals surface area contributed by atoms with Crippen molar-refractivity contribution in [2.75, 3.05) is 0 Å². The van der Waals surface area contributed by atoms with Gasteiger partial charge < -0.3 is 28.1 Å². The summed E-state index contributed by atoms with van der Waals surface area (Å²) in [7, 11) is -6.00. The highest BCUT2D eigenvalue weighted by Crippen LogP contribution is 2.06. The van der Waals surface area contributed by atoms with Crippen molar-refractivity contribution in [3.05, 3.63) is 0 Å². The molecule has 0 fully saturated rings. The van der Waals surface area contributed by atoms with Crippen LogP contribution in [0.2, 0.25) is 0 Å². The highest BCUT2D eigenvalue weighted by Gasteiger charge is 2.21. The van der Waals surface area contributed by atoms with Gasteiger partial charge in [-0.15, -0.1) is 0 Å². The quantitative estimate of drug-likeness (QED) is 0.361. The highest BCUT2D eigenvalue weighted by atomic mass is 19.5. The van der Waals surface area contributed by atoms with Gasteiger partial charge >= 0.3 is 7.25 Å². The molecule has 0 spiro atoms. The van der Waals surface area contributed by atoms with E-state index in [1.807, 2.05) is 13.8 Å². The summed E-state index contributed by atoms with van der Waals surface area (Å²) >= 11 is 0. The first-order chi connectivity index (χ1) is 4.94. The number of halogens is 4. The Morgan fingerprint density at radius 2 is 1.33 bits per heavy atom. The first-order valence-electron chi connectivity index (χ1n) is 3.39. The van der Waals surface area contributed by atoms with Gasteiger partial charge in [-0.1, -0.05) is 13.8 Å². The third-order valence-electron chi connectivity index (χ3n) is 1.24. The van der Waals surface area contributed by atoms with Gasteiger partial charge in [0.1, 0.15) is 0 Å². The number of rotatable bonds is 1. The van der Waals surface area contributed by atoms with E-state index in [4.69, 9.17) is 5.11 Å². The van der Waals surface area contributed by atoms with E-state index in [2.05, 4.69) is 5.73 Å². The first kappa shape index (κ1) is 14.2. The molecule has 0 aromatic rings. The second-order valence-corrected chi connectivity index (χ2v) is 3.01.